The second kappa shape index (κ2) is 23.6. The Morgan fingerprint density at radius 2 is 1.59 bits per heavy atom. The van der Waals surface area contributed by atoms with Gasteiger partial charge in [-0.1, -0.05) is 86.3 Å². The summed E-state index contributed by atoms with van der Waals surface area (Å²) in [6.07, 6.45) is 17.1. The molecule has 2 N–H and O–H groups in total. The molecule has 2 amide bonds. The van der Waals surface area contributed by atoms with Crippen LogP contribution in [-0.4, -0.2) is 89.2 Å². The van der Waals surface area contributed by atoms with Crippen molar-refractivity contribution in [3.05, 3.63) is 11.6 Å². The fourth-order valence-corrected chi connectivity index (χ4v) is 12.5. The molecule has 1 aliphatic heterocycles. The Hall–Kier alpha value is -2.21. The summed E-state index contributed by atoms with van der Waals surface area (Å²) in [5.74, 6) is 5.40. The summed E-state index contributed by atoms with van der Waals surface area (Å²) < 4.78 is 34.6. The van der Waals surface area contributed by atoms with Crippen LogP contribution >= 0.6 is 0 Å². The van der Waals surface area contributed by atoms with Gasteiger partial charge in [-0.15, -0.1) is 0 Å². The first-order valence-electron chi connectivity index (χ1n) is 24.6. The molecule has 0 bridgehead atoms. The van der Waals surface area contributed by atoms with Crippen LogP contribution in [0.3, 0.4) is 0 Å². The lowest BCUT2D eigenvalue weighted by molar-refractivity contribution is -0.255. The van der Waals surface area contributed by atoms with Crippen LogP contribution < -0.4 is 10.6 Å². The van der Waals surface area contributed by atoms with Crippen molar-refractivity contribution in [2.45, 2.75) is 171 Å². The molecule has 4 aliphatic carbocycles. The van der Waals surface area contributed by atoms with Crippen LogP contribution in [0.4, 0.5) is 4.79 Å². The number of fused-ring (bicyclic) bond motifs is 5. The Kier molecular flexibility index (Phi) is 19.3. The number of carbonyl (C=O) groups excluding carboxylic acids is 3. The number of alkyl carbamates (subject to hydrolysis) is 1. The quantitative estimate of drug-likeness (QED) is 0.0586. The summed E-state index contributed by atoms with van der Waals surface area (Å²) in [6, 6.07) is 0. The van der Waals surface area contributed by atoms with Gasteiger partial charge >= 0.3 is 12.1 Å². The molecule has 0 radical (unpaired) electrons. The molecular formula is C50H86N2O9. The lowest BCUT2D eigenvalue weighted by Gasteiger charge is -2.58. The topological polar surface area (TPSA) is 131 Å². The normalized spacial score (nSPS) is 35.0. The van der Waals surface area contributed by atoms with Gasteiger partial charge in [-0.3, -0.25) is 9.59 Å². The highest BCUT2D eigenvalue weighted by Gasteiger charge is 2.59. The first-order valence-corrected chi connectivity index (χ1v) is 24.6. The largest absolute Gasteiger partial charge is 0.463 e. The Morgan fingerprint density at radius 3 is 2.34 bits per heavy atom. The zero-order chi connectivity index (χ0) is 44.2. The minimum atomic E-state index is -0.386. The van der Waals surface area contributed by atoms with E-state index >= 15 is 0 Å². The van der Waals surface area contributed by atoms with Crippen LogP contribution in [0.2, 0.25) is 0 Å². The highest BCUT2D eigenvalue weighted by molar-refractivity contribution is 5.75. The Labute approximate surface area is 369 Å². The third kappa shape index (κ3) is 13.4. The molecule has 4 fully saturated rings. The molecule has 350 valence electrons. The molecule has 0 aromatic heterocycles. The van der Waals surface area contributed by atoms with E-state index in [9.17, 15) is 14.4 Å². The Balaban J connectivity index is 0.868. The molecule has 11 heteroatoms. The third-order valence-electron chi connectivity index (χ3n) is 16.5. The number of esters is 1. The van der Waals surface area contributed by atoms with Crippen LogP contribution in [0.1, 0.15) is 152 Å². The summed E-state index contributed by atoms with van der Waals surface area (Å²) in [5.41, 5.74) is 2.29. The molecular weight excluding hydrogens is 773 g/mol. The average molecular weight is 859 g/mol. The van der Waals surface area contributed by atoms with E-state index in [1.165, 1.54) is 58.3 Å². The van der Waals surface area contributed by atoms with Crippen LogP contribution in [0.25, 0.3) is 0 Å². The maximum absolute atomic E-state index is 12.7. The van der Waals surface area contributed by atoms with Gasteiger partial charge in [0.2, 0.25) is 5.91 Å². The number of ether oxygens (including phenoxy) is 6. The molecule has 11 nitrogen and oxygen atoms in total. The minimum absolute atomic E-state index is 0.0157. The summed E-state index contributed by atoms with van der Waals surface area (Å²) in [7, 11) is 0. The summed E-state index contributed by atoms with van der Waals surface area (Å²) >= 11 is 0. The van der Waals surface area contributed by atoms with E-state index < -0.39 is 0 Å². The molecule has 3 saturated carbocycles. The first kappa shape index (κ1) is 49.8. The van der Waals surface area contributed by atoms with Gasteiger partial charge in [-0.2, -0.15) is 0 Å². The average Bonchev–Trinajstić information content (AvgIpc) is 3.58. The van der Waals surface area contributed by atoms with Gasteiger partial charge in [0, 0.05) is 45.4 Å². The SMILES string of the molecule is CC(=O)OCC1OC(OCCCC(=O)NCCCOCCOCCNC(=O)O[C@@H]2CC[C@]3(C)C(=CCC4C3CC[C@]3(C)C4CC[C@H]3[C@@H](C)CCCC(C)C)C2)C(C)C(C)C1C. The minimum Gasteiger partial charge on any atom is -0.463 e. The van der Waals surface area contributed by atoms with E-state index in [-0.39, 0.29) is 60.3 Å². The maximum Gasteiger partial charge on any atom is 0.407 e. The number of rotatable bonds is 23. The molecule has 61 heavy (non-hydrogen) atoms. The molecule has 0 spiro atoms. The van der Waals surface area contributed by atoms with Crippen molar-refractivity contribution in [2.75, 3.05) is 52.7 Å². The molecule has 1 heterocycles. The monoisotopic (exact) mass is 859 g/mol. The molecule has 5 aliphatic rings. The zero-order valence-electron chi connectivity index (χ0n) is 39.7. The number of hydrogen-bond acceptors (Lipinski definition) is 9. The number of hydrogen-bond donors (Lipinski definition) is 2. The van der Waals surface area contributed by atoms with E-state index in [0.717, 1.165) is 54.8 Å². The van der Waals surface area contributed by atoms with Crippen LogP contribution in [0.15, 0.2) is 11.6 Å². The second-order valence-electron chi connectivity index (χ2n) is 20.8. The highest BCUT2D eigenvalue weighted by atomic mass is 16.7. The lowest BCUT2D eigenvalue weighted by Crippen LogP contribution is -2.51. The summed E-state index contributed by atoms with van der Waals surface area (Å²) in [4.78, 5) is 36.3. The van der Waals surface area contributed by atoms with E-state index in [1.54, 1.807) is 5.57 Å². The fourth-order valence-electron chi connectivity index (χ4n) is 12.5. The smallest absolute Gasteiger partial charge is 0.407 e. The number of amides is 2. The van der Waals surface area contributed by atoms with Gasteiger partial charge in [0.15, 0.2) is 6.29 Å². The van der Waals surface area contributed by atoms with Gasteiger partial charge in [0.1, 0.15) is 12.7 Å². The van der Waals surface area contributed by atoms with Gasteiger partial charge in [-0.25, -0.2) is 4.79 Å². The van der Waals surface area contributed by atoms with Gasteiger partial charge in [0.25, 0.3) is 0 Å². The summed E-state index contributed by atoms with van der Waals surface area (Å²) in [6.45, 7) is 23.7. The summed E-state index contributed by atoms with van der Waals surface area (Å²) in [5, 5.41) is 5.82. The van der Waals surface area contributed by atoms with E-state index in [4.69, 9.17) is 28.4 Å². The number of allylic oxidation sites excluding steroid dienone is 1. The van der Waals surface area contributed by atoms with E-state index in [2.05, 4.69) is 72.1 Å². The van der Waals surface area contributed by atoms with Crippen molar-refractivity contribution in [3.8, 4) is 0 Å². The van der Waals surface area contributed by atoms with Gasteiger partial charge in [-0.05, 0) is 116 Å². The second-order valence-corrected chi connectivity index (χ2v) is 20.8. The van der Waals surface area contributed by atoms with Crippen LogP contribution in [0, 0.1) is 64.1 Å². The molecule has 13 atom stereocenters. The van der Waals surface area contributed by atoms with Crippen molar-refractivity contribution in [3.63, 3.8) is 0 Å². The molecule has 0 aromatic carbocycles. The lowest BCUT2D eigenvalue weighted by atomic mass is 9.47. The van der Waals surface area contributed by atoms with Crippen LogP contribution in [0.5, 0.6) is 0 Å². The van der Waals surface area contributed by atoms with Crippen molar-refractivity contribution >= 4 is 18.0 Å². The van der Waals surface area contributed by atoms with Crippen molar-refractivity contribution in [1.29, 1.82) is 0 Å². The van der Waals surface area contributed by atoms with E-state index in [1.807, 2.05) is 0 Å². The van der Waals surface area contributed by atoms with Gasteiger partial charge < -0.3 is 39.1 Å². The predicted molar refractivity (Wildman–Crippen MR) is 239 cm³/mol. The standard InChI is InChI=1S/C50H86N2O9/c1-33(2)13-10-14-34(3)42-18-19-43-41-17-16-39-31-40(20-22-49(39,8)44(41)21-23-50(42,43)9)60-48(55)52-25-28-57-30-29-56-26-12-24-51-46(54)15-11-27-58-47-37(6)35(4)36(5)45(61-47)32-59-38(7)53/h16,33-37,40-45,47H,10-15,17-32H2,1-9H3,(H,51,54)(H,52,55)/t34-,35?,36?,37?,40+,41?,42-,43?,44?,45?,47?,49+,50-/m0/s1. The number of nitrogens with one attached hydrogen (secondary N) is 2. The van der Waals surface area contributed by atoms with Crippen molar-refractivity contribution < 1.29 is 42.8 Å². The first-order chi connectivity index (χ1) is 29.1. The van der Waals surface area contributed by atoms with Crippen molar-refractivity contribution in [2.24, 2.45) is 64.1 Å². The molecule has 8 unspecified atom stereocenters. The molecule has 1 saturated heterocycles. The van der Waals surface area contributed by atoms with Gasteiger partial charge in [0.05, 0.1) is 32.5 Å². The fraction of sp³-hybridized carbons (Fsp3) is 0.900. The van der Waals surface area contributed by atoms with Crippen molar-refractivity contribution in [1.82, 2.24) is 10.6 Å². The number of carbonyl (C=O) groups is 3. The molecule has 0 aromatic rings. The zero-order valence-corrected chi connectivity index (χ0v) is 39.7. The Morgan fingerprint density at radius 1 is 0.820 bits per heavy atom. The Bertz CT molecular complexity index is 1420. The predicted octanol–water partition coefficient (Wildman–Crippen LogP) is 9.66. The molecule has 5 rings (SSSR count). The van der Waals surface area contributed by atoms with E-state index in [0.29, 0.717) is 76.7 Å². The maximum atomic E-state index is 12.7. The van der Waals surface area contributed by atoms with Crippen LogP contribution in [-0.2, 0) is 38.0 Å². The third-order valence-corrected chi connectivity index (χ3v) is 16.5. The highest BCUT2D eigenvalue weighted by Crippen LogP contribution is 2.67.